The van der Waals surface area contributed by atoms with Crippen LogP contribution in [0.25, 0.3) is 10.4 Å². The van der Waals surface area contributed by atoms with Crippen LogP contribution in [0.3, 0.4) is 0 Å². The second-order valence-corrected chi connectivity index (χ2v) is 6.81. The fourth-order valence-electron chi connectivity index (χ4n) is 2.54. The van der Waals surface area contributed by atoms with E-state index in [1.54, 1.807) is 12.1 Å². The first kappa shape index (κ1) is 14.5. The highest BCUT2D eigenvalue weighted by Crippen LogP contribution is 2.36. The number of amides is 1. The average molecular weight is 324 g/mol. The van der Waals surface area contributed by atoms with Crippen molar-refractivity contribution >= 4 is 28.8 Å². The monoisotopic (exact) mass is 323 g/mol. The lowest BCUT2D eigenvalue weighted by atomic mass is 10.1. The molecule has 1 fully saturated rings. The van der Waals surface area contributed by atoms with Crippen LogP contribution in [0.1, 0.15) is 29.6 Å². The first-order chi connectivity index (χ1) is 10.1. The molecule has 0 bridgehead atoms. The second-order valence-electron chi connectivity index (χ2n) is 5.16. The van der Waals surface area contributed by atoms with Crippen LogP contribution in [0.2, 0.25) is 4.34 Å². The molecule has 0 atom stereocenters. The van der Waals surface area contributed by atoms with Gasteiger partial charge in [-0.25, -0.2) is 4.39 Å². The van der Waals surface area contributed by atoms with E-state index < -0.39 is 0 Å². The zero-order valence-corrected chi connectivity index (χ0v) is 13.0. The molecule has 1 saturated heterocycles. The molecule has 5 heteroatoms. The molecule has 1 aliphatic rings. The summed E-state index contributed by atoms with van der Waals surface area (Å²) in [5.74, 6) is -0.268. The minimum absolute atomic E-state index is 0.00399. The van der Waals surface area contributed by atoms with Gasteiger partial charge in [-0.1, -0.05) is 23.7 Å². The van der Waals surface area contributed by atoms with Crippen molar-refractivity contribution in [1.29, 1.82) is 0 Å². The van der Waals surface area contributed by atoms with Crippen LogP contribution in [-0.2, 0) is 0 Å². The number of carbonyl (C=O) groups is 1. The summed E-state index contributed by atoms with van der Waals surface area (Å²) in [6.07, 6.45) is 3.29. The largest absolute Gasteiger partial charge is 0.339 e. The average Bonchev–Trinajstić information content (AvgIpc) is 2.90. The van der Waals surface area contributed by atoms with Crippen LogP contribution in [0.4, 0.5) is 4.39 Å². The quantitative estimate of drug-likeness (QED) is 0.775. The van der Waals surface area contributed by atoms with Gasteiger partial charge in [-0.3, -0.25) is 4.79 Å². The summed E-state index contributed by atoms with van der Waals surface area (Å²) in [6.45, 7) is 1.60. The Hall–Kier alpha value is -1.39. The first-order valence-electron chi connectivity index (χ1n) is 7.00. The highest BCUT2D eigenvalue weighted by Gasteiger charge is 2.22. The highest BCUT2D eigenvalue weighted by atomic mass is 35.5. The molecule has 1 aliphatic heterocycles. The van der Waals surface area contributed by atoms with E-state index in [0.717, 1.165) is 36.4 Å². The van der Waals surface area contributed by atoms with Gasteiger partial charge in [0.25, 0.3) is 5.91 Å². The van der Waals surface area contributed by atoms with Gasteiger partial charge in [0.05, 0.1) is 5.56 Å². The van der Waals surface area contributed by atoms with Crippen molar-refractivity contribution < 1.29 is 9.18 Å². The molecule has 21 heavy (non-hydrogen) atoms. The Bertz CT molecular complexity index is 647. The number of carbonyl (C=O) groups excluding carboxylic acids is 1. The van der Waals surface area contributed by atoms with E-state index in [-0.39, 0.29) is 11.7 Å². The Balaban J connectivity index is 1.87. The molecule has 0 spiro atoms. The van der Waals surface area contributed by atoms with Gasteiger partial charge in [0.15, 0.2) is 0 Å². The van der Waals surface area contributed by atoms with Crippen LogP contribution in [0.5, 0.6) is 0 Å². The molecule has 1 aromatic carbocycles. The van der Waals surface area contributed by atoms with Crippen LogP contribution < -0.4 is 0 Å². The van der Waals surface area contributed by atoms with Crippen molar-refractivity contribution in [2.45, 2.75) is 19.3 Å². The fraction of sp³-hybridized carbons (Fsp3) is 0.312. The van der Waals surface area contributed by atoms with Crippen molar-refractivity contribution in [2.24, 2.45) is 0 Å². The van der Waals surface area contributed by atoms with Gasteiger partial charge >= 0.3 is 0 Å². The van der Waals surface area contributed by atoms with Crippen molar-refractivity contribution in [3.63, 3.8) is 0 Å². The van der Waals surface area contributed by atoms with Crippen LogP contribution in [0.15, 0.2) is 30.3 Å². The summed E-state index contributed by atoms with van der Waals surface area (Å²) in [5.41, 5.74) is 1.43. The van der Waals surface area contributed by atoms with Gasteiger partial charge in [-0.05, 0) is 43.0 Å². The zero-order valence-electron chi connectivity index (χ0n) is 11.4. The molecule has 0 saturated carbocycles. The molecule has 0 radical (unpaired) electrons. The molecule has 3 rings (SSSR count). The number of hydrogen-bond donors (Lipinski definition) is 0. The van der Waals surface area contributed by atoms with E-state index in [1.165, 1.54) is 29.9 Å². The third kappa shape index (κ3) is 3.11. The predicted octanol–water partition coefficient (Wildman–Crippen LogP) is 4.83. The SMILES string of the molecule is O=C(c1cc(-c2ccc(F)cc2)sc1Cl)N1CCCCC1. The molecule has 0 N–H and O–H groups in total. The number of hydrogen-bond acceptors (Lipinski definition) is 2. The van der Waals surface area contributed by atoms with Gasteiger partial charge in [0, 0.05) is 18.0 Å². The lowest BCUT2D eigenvalue weighted by Crippen LogP contribution is -2.35. The van der Waals surface area contributed by atoms with Crippen LogP contribution >= 0.6 is 22.9 Å². The number of benzene rings is 1. The Kier molecular flexibility index (Phi) is 4.27. The van der Waals surface area contributed by atoms with E-state index in [2.05, 4.69) is 0 Å². The topological polar surface area (TPSA) is 20.3 Å². The van der Waals surface area contributed by atoms with Gasteiger partial charge < -0.3 is 4.90 Å². The summed E-state index contributed by atoms with van der Waals surface area (Å²) in [6, 6.07) is 8.04. The maximum absolute atomic E-state index is 13.0. The summed E-state index contributed by atoms with van der Waals surface area (Å²) in [5, 5.41) is 0. The van der Waals surface area contributed by atoms with Gasteiger partial charge in [0.2, 0.25) is 0 Å². The molecule has 110 valence electrons. The molecule has 2 nitrogen and oxygen atoms in total. The summed E-state index contributed by atoms with van der Waals surface area (Å²) in [4.78, 5) is 15.3. The third-order valence-corrected chi connectivity index (χ3v) is 5.10. The third-order valence-electron chi connectivity index (χ3n) is 3.69. The van der Waals surface area contributed by atoms with Crippen molar-refractivity contribution in [3.8, 4) is 10.4 Å². The van der Waals surface area contributed by atoms with Crippen molar-refractivity contribution in [3.05, 3.63) is 46.0 Å². The van der Waals surface area contributed by atoms with Crippen LogP contribution in [-0.4, -0.2) is 23.9 Å². The normalized spacial score (nSPS) is 15.2. The van der Waals surface area contributed by atoms with Crippen LogP contribution in [0, 0.1) is 5.82 Å². The summed E-state index contributed by atoms with van der Waals surface area (Å²) in [7, 11) is 0. The van der Waals surface area contributed by atoms with Crippen molar-refractivity contribution in [1.82, 2.24) is 4.90 Å². The Morgan fingerprint density at radius 1 is 1.14 bits per heavy atom. The van der Waals surface area contributed by atoms with Gasteiger partial charge in [0.1, 0.15) is 10.2 Å². The van der Waals surface area contributed by atoms with Gasteiger partial charge in [-0.2, -0.15) is 0 Å². The fourth-order valence-corrected chi connectivity index (χ4v) is 3.80. The minimum atomic E-state index is -0.272. The minimum Gasteiger partial charge on any atom is -0.339 e. The van der Waals surface area contributed by atoms with E-state index >= 15 is 0 Å². The van der Waals surface area contributed by atoms with E-state index in [1.807, 2.05) is 11.0 Å². The number of likely N-dealkylation sites (tertiary alicyclic amines) is 1. The number of rotatable bonds is 2. The maximum atomic E-state index is 13.0. The number of thiophene rings is 1. The number of halogens is 2. The maximum Gasteiger partial charge on any atom is 0.256 e. The predicted molar refractivity (Wildman–Crippen MR) is 84.5 cm³/mol. The number of nitrogens with zero attached hydrogens (tertiary/aromatic N) is 1. The molecule has 0 unspecified atom stereocenters. The summed E-state index contributed by atoms with van der Waals surface area (Å²) >= 11 is 7.60. The van der Waals surface area contributed by atoms with E-state index in [9.17, 15) is 9.18 Å². The van der Waals surface area contributed by atoms with E-state index in [4.69, 9.17) is 11.6 Å². The van der Waals surface area contributed by atoms with E-state index in [0.29, 0.717) is 9.90 Å². The Morgan fingerprint density at radius 3 is 2.48 bits per heavy atom. The molecule has 2 heterocycles. The number of piperidine rings is 1. The Labute approximate surface area is 132 Å². The second kappa shape index (κ2) is 6.16. The lowest BCUT2D eigenvalue weighted by molar-refractivity contribution is 0.0725. The first-order valence-corrected chi connectivity index (χ1v) is 8.19. The molecule has 0 aliphatic carbocycles. The molecule has 2 aromatic rings. The zero-order chi connectivity index (χ0) is 14.8. The standard InChI is InChI=1S/C16H15ClFNOS/c17-15-13(16(20)19-8-2-1-3-9-19)10-14(21-15)11-4-6-12(18)7-5-11/h4-7,10H,1-3,8-9H2. The summed E-state index contributed by atoms with van der Waals surface area (Å²) < 4.78 is 13.5. The van der Waals surface area contributed by atoms with Crippen molar-refractivity contribution in [2.75, 3.05) is 13.1 Å². The molecule has 1 aromatic heterocycles. The van der Waals surface area contributed by atoms with Gasteiger partial charge in [-0.15, -0.1) is 11.3 Å². The molecular formula is C16H15ClFNOS. The highest BCUT2D eigenvalue weighted by molar-refractivity contribution is 7.19. The molecular weight excluding hydrogens is 309 g/mol. The smallest absolute Gasteiger partial charge is 0.256 e. The lowest BCUT2D eigenvalue weighted by Gasteiger charge is -2.26. The molecule has 1 amide bonds. The Morgan fingerprint density at radius 2 is 1.81 bits per heavy atom.